The molecule has 9 heteroatoms. The fourth-order valence-electron chi connectivity index (χ4n) is 2.31. The molecule has 2 N–H and O–H groups in total. The standard InChI is InChI=1S/C14H9ClN2O5S/c15-6-1-2-8-7(5-6)10(12(20)16-8)11-13(21)17(14(22)23-11)4-3-9(18)19/h1-2,5H,3-4H2,(H,16,20)(H,18,19)/b11-10+. The first kappa shape index (κ1) is 15.6. The molecule has 1 saturated heterocycles. The maximum absolute atomic E-state index is 12.4. The third kappa shape index (κ3) is 2.71. The lowest BCUT2D eigenvalue weighted by atomic mass is 10.1. The second kappa shape index (κ2) is 5.71. The molecule has 0 saturated carbocycles. The summed E-state index contributed by atoms with van der Waals surface area (Å²) in [4.78, 5) is 47.9. The molecule has 3 amide bonds. The Bertz CT molecular complexity index is 804. The first-order chi connectivity index (χ1) is 10.9. The number of amides is 3. The minimum Gasteiger partial charge on any atom is -0.481 e. The molecule has 0 aliphatic carbocycles. The van der Waals surface area contributed by atoms with Crippen molar-refractivity contribution in [3.63, 3.8) is 0 Å². The molecule has 2 heterocycles. The number of nitrogens with zero attached hydrogens (tertiary/aromatic N) is 1. The largest absolute Gasteiger partial charge is 0.481 e. The highest BCUT2D eigenvalue weighted by molar-refractivity contribution is 8.18. The molecule has 1 aromatic carbocycles. The van der Waals surface area contributed by atoms with Crippen LogP contribution in [-0.2, 0) is 14.4 Å². The third-order valence-electron chi connectivity index (χ3n) is 3.35. The number of hydrogen-bond donors (Lipinski definition) is 2. The molecule has 2 aliphatic rings. The fourth-order valence-corrected chi connectivity index (χ4v) is 3.45. The highest BCUT2D eigenvalue weighted by Gasteiger charge is 2.41. The van der Waals surface area contributed by atoms with Gasteiger partial charge in [-0.2, -0.15) is 0 Å². The summed E-state index contributed by atoms with van der Waals surface area (Å²) in [5.41, 5.74) is 1.04. The van der Waals surface area contributed by atoms with Crippen LogP contribution in [0, 0.1) is 0 Å². The molecule has 7 nitrogen and oxygen atoms in total. The Kier molecular flexibility index (Phi) is 3.87. The Morgan fingerprint density at radius 1 is 1.30 bits per heavy atom. The molecule has 3 rings (SSSR count). The van der Waals surface area contributed by atoms with Crippen LogP contribution >= 0.6 is 23.4 Å². The predicted octanol–water partition coefficient (Wildman–Crippen LogP) is 2.17. The van der Waals surface area contributed by atoms with Crippen LogP contribution in [0.2, 0.25) is 5.02 Å². The number of anilines is 1. The minimum absolute atomic E-state index is 0.0149. The van der Waals surface area contributed by atoms with E-state index >= 15 is 0 Å². The molecule has 0 bridgehead atoms. The molecule has 1 fully saturated rings. The van der Waals surface area contributed by atoms with Crippen molar-refractivity contribution in [3.05, 3.63) is 33.7 Å². The van der Waals surface area contributed by atoms with Crippen molar-refractivity contribution in [3.8, 4) is 0 Å². The number of benzene rings is 1. The number of halogens is 1. The molecule has 1 aromatic rings. The zero-order chi connectivity index (χ0) is 16.7. The number of carboxylic acid groups (broad SMARTS) is 1. The monoisotopic (exact) mass is 352 g/mol. The van der Waals surface area contributed by atoms with Gasteiger partial charge in [0.15, 0.2) is 0 Å². The van der Waals surface area contributed by atoms with Crippen molar-refractivity contribution < 1.29 is 24.3 Å². The Labute approximate surface area is 139 Å². The van der Waals surface area contributed by atoms with E-state index in [0.29, 0.717) is 28.0 Å². The first-order valence-corrected chi connectivity index (χ1v) is 7.69. The average molecular weight is 353 g/mol. The summed E-state index contributed by atoms with van der Waals surface area (Å²) >= 11 is 6.55. The normalized spacial score (nSPS) is 20.0. The first-order valence-electron chi connectivity index (χ1n) is 6.49. The summed E-state index contributed by atoms with van der Waals surface area (Å²) in [5, 5.41) is 11.1. The van der Waals surface area contributed by atoms with Gasteiger partial charge in [-0.15, -0.1) is 0 Å². The summed E-state index contributed by atoms with van der Waals surface area (Å²) in [5.74, 6) is -2.28. The number of nitrogens with one attached hydrogen (secondary N) is 1. The highest BCUT2D eigenvalue weighted by Crippen LogP contribution is 2.42. The van der Waals surface area contributed by atoms with Gasteiger partial charge in [-0.1, -0.05) is 11.6 Å². The third-order valence-corrected chi connectivity index (χ3v) is 4.56. The number of imide groups is 1. The van der Waals surface area contributed by atoms with Crippen molar-refractivity contribution in [1.82, 2.24) is 4.90 Å². The van der Waals surface area contributed by atoms with E-state index in [1.165, 1.54) is 6.07 Å². The van der Waals surface area contributed by atoms with Crippen molar-refractivity contribution >= 4 is 57.6 Å². The van der Waals surface area contributed by atoms with E-state index in [9.17, 15) is 19.2 Å². The molecule has 0 atom stereocenters. The molecule has 0 unspecified atom stereocenters. The minimum atomic E-state index is -1.12. The quantitative estimate of drug-likeness (QED) is 0.808. The molecule has 0 radical (unpaired) electrons. The lowest BCUT2D eigenvalue weighted by Gasteiger charge is -2.10. The van der Waals surface area contributed by atoms with Crippen LogP contribution in [0.3, 0.4) is 0 Å². The van der Waals surface area contributed by atoms with Gasteiger partial charge in [-0.3, -0.25) is 24.1 Å². The van der Waals surface area contributed by atoms with Crippen LogP contribution in [-0.4, -0.2) is 39.6 Å². The molecular formula is C14H9ClN2O5S. The summed E-state index contributed by atoms with van der Waals surface area (Å²) in [7, 11) is 0. The van der Waals surface area contributed by atoms with Gasteiger partial charge in [0.2, 0.25) is 0 Å². The van der Waals surface area contributed by atoms with Crippen molar-refractivity contribution in [2.24, 2.45) is 0 Å². The maximum atomic E-state index is 12.4. The molecule has 0 aromatic heterocycles. The number of carbonyl (C=O) groups excluding carboxylic acids is 3. The van der Waals surface area contributed by atoms with Crippen molar-refractivity contribution in [2.75, 3.05) is 11.9 Å². The number of aliphatic carboxylic acids is 1. The van der Waals surface area contributed by atoms with Gasteiger partial charge in [-0.05, 0) is 30.0 Å². The van der Waals surface area contributed by atoms with Crippen LogP contribution in [0.15, 0.2) is 23.1 Å². The molecular weight excluding hydrogens is 344 g/mol. The van der Waals surface area contributed by atoms with Gasteiger partial charge in [0.05, 0.1) is 16.9 Å². The van der Waals surface area contributed by atoms with Gasteiger partial charge < -0.3 is 10.4 Å². The Hall–Kier alpha value is -2.32. The number of carboxylic acids is 1. The van der Waals surface area contributed by atoms with Gasteiger partial charge >= 0.3 is 5.97 Å². The topological polar surface area (TPSA) is 104 Å². The zero-order valence-corrected chi connectivity index (χ0v) is 13.0. The van der Waals surface area contributed by atoms with Crippen molar-refractivity contribution in [1.29, 1.82) is 0 Å². The van der Waals surface area contributed by atoms with Gasteiger partial charge in [0.25, 0.3) is 17.1 Å². The lowest BCUT2D eigenvalue weighted by molar-refractivity contribution is -0.137. The number of carbonyl (C=O) groups is 4. The number of hydrogen-bond acceptors (Lipinski definition) is 5. The van der Waals surface area contributed by atoms with Crippen LogP contribution < -0.4 is 5.32 Å². The van der Waals surface area contributed by atoms with E-state index < -0.39 is 23.0 Å². The summed E-state index contributed by atoms with van der Waals surface area (Å²) in [6, 6.07) is 4.74. The Morgan fingerprint density at radius 3 is 2.74 bits per heavy atom. The Balaban J connectivity index is 2.01. The number of rotatable bonds is 3. The molecule has 0 spiro atoms. The van der Waals surface area contributed by atoms with E-state index in [2.05, 4.69) is 5.32 Å². The summed E-state index contributed by atoms with van der Waals surface area (Å²) in [6.45, 7) is -0.235. The van der Waals surface area contributed by atoms with E-state index in [-0.39, 0.29) is 23.4 Å². The van der Waals surface area contributed by atoms with E-state index in [1.54, 1.807) is 12.1 Å². The molecule has 2 aliphatic heterocycles. The smallest absolute Gasteiger partial charge is 0.305 e. The predicted molar refractivity (Wildman–Crippen MR) is 84.0 cm³/mol. The summed E-state index contributed by atoms with van der Waals surface area (Å²) in [6.07, 6.45) is -0.352. The van der Waals surface area contributed by atoms with Gasteiger partial charge in [-0.25, -0.2) is 0 Å². The van der Waals surface area contributed by atoms with Gasteiger partial charge in [0, 0.05) is 22.8 Å². The van der Waals surface area contributed by atoms with Crippen LogP contribution in [0.5, 0.6) is 0 Å². The average Bonchev–Trinajstić information content (AvgIpc) is 2.93. The van der Waals surface area contributed by atoms with Crippen LogP contribution in [0.25, 0.3) is 5.57 Å². The zero-order valence-electron chi connectivity index (χ0n) is 11.5. The molecule has 23 heavy (non-hydrogen) atoms. The van der Waals surface area contributed by atoms with Crippen molar-refractivity contribution in [2.45, 2.75) is 6.42 Å². The van der Waals surface area contributed by atoms with E-state index in [0.717, 1.165) is 4.90 Å². The fraction of sp³-hybridized carbons (Fsp3) is 0.143. The van der Waals surface area contributed by atoms with E-state index in [1.807, 2.05) is 0 Å². The van der Waals surface area contributed by atoms with Gasteiger partial charge in [0.1, 0.15) is 0 Å². The Morgan fingerprint density at radius 2 is 2.04 bits per heavy atom. The van der Waals surface area contributed by atoms with E-state index in [4.69, 9.17) is 16.7 Å². The SMILES string of the molecule is O=C(O)CCN1C(=O)S/C(=C2/C(=O)Nc3ccc(Cl)cc32)C1=O. The van der Waals surface area contributed by atoms with Crippen LogP contribution in [0.4, 0.5) is 10.5 Å². The highest BCUT2D eigenvalue weighted by atomic mass is 35.5. The maximum Gasteiger partial charge on any atom is 0.305 e. The number of thioether (sulfide) groups is 1. The lowest BCUT2D eigenvalue weighted by Crippen LogP contribution is -2.30. The summed E-state index contributed by atoms with van der Waals surface area (Å²) < 4.78 is 0. The van der Waals surface area contributed by atoms with Crippen LogP contribution in [0.1, 0.15) is 12.0 Å². The second-order valence-electron chi connectivity index (χ2n) is 4.82. The number of fused-ring (bicyclic) bond motifs is 1. The second-order valence-corrected chi connectivity index (χ2v) is 6.21. The molecule has 118 valence electrons.